The normalized spacial score (nSPS) is 23.4. The van der Waals surface area contributed by atoms with Crippen LogP contribution in [0.25, 0.3) is 0 Å². The Bertz CT molecular complexity index is 389. The lowest BCUT2D eigenvalue weighted by Crippen LogP contribution is -2.54. The minimum Gasteiger partial charge on any atom is -0.338 e. The summed E-state index contributed by atoms with van der Waals surface area (Å²) in [6.45, 7) is 11.9. The molecule has 1 atom stereocenters. The Morgan fingerprint density at radius 2 is 1.77 bits per heavy atom. The molecule has 0 aromatic carbocycles. The van der Waals surface area contributed by atoms with Gasteiger partial charge in [-0.1, -0.05) is 20.8 Å². The van der Waals surface area contributed by atoms with Crippen molar-refractivity contribution in [3.05, 3.63) is 0 Å². The van der Waals surface area contributed by atoms with Crippen LogP contribution in [-0.2, 0) is 9.59 Å². The summed E-state index contributed by atoms with van der Waals surface area (Å²) in [7, 11) is 0. The van der Waals surface area contributed by atoms with Gasteiger partial charge in [-0.15, -0.1) is 0 Å². The molecule has 0 N–H and O–H groups in total. The van der Waals surface area contributed by atoms with Gasteiger partial charge in [-0.2, -0.15) is 0 Å². The van der Waals surface area contributed by atoms with Crippen molar-refractivity contribution in [2.75, 3.05) is 39.3 Å². The van der Waals surface area contributed by atoms with Crippen molar-refractivity contribution < 1.29 is 9.59 Å². The van der Waals surface area contributed by atoms with Crippen LogP contribution in [-0.4, -0.2) is 71.8 Å². The molecule has 0 radical (unpaired) electrons. The molecule has 1 unspecified atom stereocenters. The van der Waals surface area contributed by atoms with Crippen molar-refractivity contribution in [3.63, 3.8) is 0 Å². The Balaban J connectivity index is 1.87. The molecule has 0 spiro atoms. The maximum atomic E-state index is 12.8. The number of nitrogens with zero attached hydrogens (tertiary/aromatic N) is 3. The van der Waals surface area contributed by atoms with Gasteiger partial charge in [0.2, 0.25) is 11.8 Å². The van der Waals surface area contributed by atoms with Crippen LogP contribution >= 0.6 is 0 Å². The van der Waals surface area contributed by atoms with Crippen molar-refractivity contribution >= 4 is 11.8 Å². The summed E-state index contributed by atoms with van der Waals surface area (Å²) in [5, 5.41) is 0. The zero-order valence-corrected chi connectivity index (χ0v) is 14.4. The van der Waals surface area contributed by atoms with Crippen LogP contribution in [0.1, 0.15) is 46.5 Å². The number of amides is 2. The van der Waals surface area contributed by atoms with Crippen LogP contribution in [0.15, 0.2) is 0 Å². The third kappa shape index (κ3) is 4.22. The van der Waals surface area contributed by atoms with Gasteiger partial charge in [0.25, 0.3) is 0 Å². The SMILES string of the molecule is CCCC(=O)N1CCCC1C(=O)N1CCN(CC(C)C)CC1. The molecule has 0 bridgehead atoms. The second kappa shape index (κ2) is 7.95. The molecule has 5 heteroatoms. The highest BCUT2D eigenvalue weighted by Crippen LogP contribution is 2.21. The summed E-state index contributed by atoms with van der Waals surface area (Å²) < 4.78 is 0. The molecule has 0 aromatic rings. The van der Waals surface area contributed by atoms with E-state index in [1.54, 1.807) is 0 Å². The monoisotopic (exact) mass is 309 g/mol. The van der Waals surface area contributed by atoms with E-state index in [0.717, 1.165) is 58.5 Å². The highest BCUT2D eigenvalue weighted by atomic mass is 16.2. The first-order valence-corrected chi connectivity index (χ1v) is 8.83. The molecule has 2 saturated heterocycles. The van der Waals surface area contributed by atoms with Gasteiger partial charge in [-0.3, -0.25) is 14.5 Å². The van der Waals surface area contributed by atoms with Crippen molar-refractivity contribution in [3.8, 4) is 0 Å². The minimum absolute atomic E-state index is 0.150. The Labute approximate surface area is 134 Å². The highest BCUT2D eigenvalue weighted by Gasteiger charge is 2.36. The van der Waals surface area contributed by atoms with Crippen molar-refractivity contribution in [1.82, 2.24) is 14.7 Å². The molecule has 22 heavy (non-hydrogen) atoms. The van der Waals surface area contributed by atoms with Crippen LogP contribution in [0.2, 0.25) is 0 Å². The molecule has 0 aliphatic carbocycles. The van der Waals surface area contributed by atoms with E-state index < -0.39 is 0 Å². The summed E-state index contributed by atoms with van der Waals surface area (Å²) in [4.78, 5) is 31.2. The van der Waals surface area contributed by atoms with Crippen molar-refractivity contribution in [1.29, 1.82) is 0 Å². The van der Waals surface area contributed by atoms with E-state index in [1.807, 2.05) is 16.7 Å². The van der Waals surface area contributed by atoms with Gasteiger partial charge in [-0.25, -0.2) is 0 Å². The lowest BCUT2D eigenvalue weighted by molar-refractivity contribution is -0.145. The molecule has 2 rings (SSSR count). The van der Waals surface area contributed by atoms with Crippen LogP contribution in [0, 0.1) is 5.92 Å². The molecule has 0 saturated carbocycles. The average molecular weight is 309 g/mol. The van der Waals surface area contributed by atoms with Crippen LogP contribution in [0.4, 0.5) is 0 Å². The predicted octanol–water partition coefficient (Wildman–Crippen LogP) is 1.58. The summed E-state index contributed by atoms with van der Waals surface area (Å²) in [6, 6.07) is -0.198. The fraction of sp³-hybridized carbons (Fsp3) is 0.882. The van der Waals surface area contributed by atoms with E-state index >= 15 is 0 Å². The number of rotatable bonds is 5. The van der Waals surface area contributed by atoms with E-state index in [0.29, 0.717) is 12.3 Å². The fourth-order valence-corrected chi connectivity index (χ4v) is 3.56. The van der Waals surface area contributed by atoms with E-state index in [4.69, 9.17) is 0 Å². The van der Waals surface area contributed by atoms with E-state index in [2.05, 4.69) is 18.7 Å². The summed E-state index contributed by atoms with van der Waals surface area (Å²) in [5.74, 6) is 0.988. The maximum Gasteiger partial charge on any atom is 0.245 e. The largest absolute Gasteiger partial charge is 0.338 e. The highest BCUT2D eigenvalue weighted by molar-refractivity contribution is 5.88. The number of piperazine rings is 1. The molecule has 5 nitrogen and oxygen atoms in total. The number of hydrogen-bond acceptors (Lipinski definition) is 3. The Morgan fingerprint density at radius 3 is 2.36 bits per heavy atom. The zero-order chi connectivity index (χ0) is 16.1. The quantitative estimate of drug-likeness (QED) is 0.774. The lowest BCUT2D eigenvalue weighted by Gasteiger charge is -2.38. The Hall–Kier alpha value is -1.10. The summed E-state index contributed by atoms with van der Waals surface area (Å²) in [6.07, 6.45) is 3.20. The molecule has 0 aromatic heterocycles. The number of carbonyl (C=O) groups excluding carboxylic acids is 2. The molecule has 2 amide bonds. The maximum absolute atomic E-state index is 12.8. The topological polar surface area (TPSA) is 43.9 Å². The summed E-state index contributed by atoms with van der Waals surface area (Å²) in [5.41, 5.74) is 0. The standard InChI is InChI=1S/C17H31N3O2/c1-4-6-16(21)20-8-5-7-15(20)17(22)19-11-9-18(10-12-19)13-14(2)3/h14-15H,4-13H2,1-3H3. The zero-order valence-electron chi connectivity index (χ0n) is 14.4. The molecule has 2 heterocycles. The van der Waals surface area contributed by atoms with Crippen molar-refractivity contribution in [2.24, 2.45) is 5.92 Å². The van der Waals surface area contributed by atoms with Crippen molar-refractivity contribution in [2.45, 2.75) is 52.5 Å². The second-order valence-corrected chi connectivity index (χ2v) is 7.01. The van der Waals surface area contributed by atoms with Gasteiger partial charge in [0.1, 0.15) is 6.04 Å². The van der Waals surface area contributed by atoms with Crippen LogP contribution in [0.5, 0.6) is 0 Å². The first kappa shape index (κ1) is 17.3. The van der Waals surface area contributed by atoms with E-state index in [1.165, 1.54) is 0 Å². The van der Waals surface area contributed by atoms with E-state index in [9.17, 15) is 9.59 Å². The van der Waals surface area contributed by atoms with Crippen LogP contribution < -0.4 is 0 Å². The fourth-order valence-electron chi connectivity index (χ4n) is 3.56. The molecule has 2 aliphatic heterocycles. The number of carbonyl (C=O) groups is 2. The molecule has 2 aliphatic rings. The van der Waals surface area contributed by atoms with Gasteiger partial charge in [-0.05, 0) is 25.2 Å². The molecule has 2 fully saturated rings. The predicted molar refractivity (Wildman–Crippen MR) is 87.5 cm³/mol. The first-order valence-electron chi connectivity index (χ1n) is 8.83. The third-order valence-corrected chi connectivity index (χ3v) is 4.63. The van der Waals surface area contributed by atoms with Gasteiger partial charge in [0.15, 0.2) is 0 Å². The lowest BCUT2D eigenvalue weighted by atomic mass is 10.1. The van der Waals surface area contributed by atoms with E-state index in [-0.39, 0.29) is 17.9 Å². The number of hydrogen-bond donors (Lipinski definition) is 0. The van der Waals surface area contributed by atoms with Gasteiger partial charge >= 0.3 is 0 Å². The number of likely N-dealkylation sites (tertiary alicyclic amines) is 1. The molecular formula is C17H31N3O2. The third-order valence-electron chi connectivity index (χ3n) is 4.63. The minimum atomic E-state index is -0.198. The van der Waals surface area contributed by atoms with Crippen LogP contribution in [0.3, 0.4) is 0 Å². The van der Waals surface area contributed by atoms with Gasteiger partial charge in [0, 0.05) is 45.7 Å². The summed E-state index contributed by atoms with van der Waals surface area (Å²) >= 11 is 0. The molecule has 126 valence electrons. The molecular weight excluding hydrogens is 278 g/mol. The Kier molecular flexibility index (Phi) is 6.24. The Morgan fingerprint density at radius 1 is 1.09 bits per heavy atom. The van der Waals surface area contributed by atoms with Gasteiger partial charge < -0.3 is 9.80 Å². The first-order chi connectivity index (χ1) is 10.5. The van der Waals surface area contributed by atoms with Gasteiger partial charge in [0.05, 0.1) is 0 Å². The average Bonchev–Trinajstić information content (AvgIpc) is 2.96. The smallest absolute Gasteiger partial charge is 0.245 e. The second-order valence-electron chi connectivity index (χ2n) is 7.01.